The molecule has 0 heterocycles. The smallest absolute Gasteiger partial charge is 0.328 e. The number of benzene rings is 1. The number of carboxylic acids is 2. The van der Waals surface area contributed by atoms with Crippen LogP contribution in [0.15, 0.2) is 30.3 Å². The van der Waals surface area contributed by atoms with Crippen molar-refractivity contribution >= 4 is 23.8 Å². The van der Waals surface area contributed by atoms with E-state index in [0.717, 1.165) is 0 Å². The van der Waals surface area contributed by atoms with Crippen molar-refractivity contribution in [1.82, 2.24) is 10.6 Å². The Labute approximate surface area is 155 Å². The fraction of sp³-hybridized carbons (Fsp3) is 0.412. The zero-order chi connectivity index (χ0) is 20.6. The normalized spacial score (nSPS) is 15.1. The van der Waals surface area contributed by atoms with Gasteiger partial charge in [-0.1, -0.05) is 30.3 Å². The molecule has 0 saturated heterocycles. The van der Waals surface area contributed by atoms with E-state index < -0.39 is 54.4 Å². The molecule has 0 aliphatic heterocycles. The monoisotopic (exact) mass is 381 g/mol. The first-order valence-electron chi connectivity index (χ1n) is 8.14. The number of aliphatic hydroxyl groups is 1. The highest BCUT2D eigenvalue weighted by molar-refractivity contribution is 5.93. The topological polar surface area (TPSA) is 179 Å². The SMILES string of the molecule is C[C@@H](O)[C@H](NC(=O)[C@H](Cc1ccccc1)NC(=O)[C@@H](N)CC(=O)O)C(=O)O. The van der Waals surface area contributed by atoms with Crippen molar-refractivity contribution in [1.29, 1.82) is 0 Å². The second kappa shape index (κ2) is 10.2. The van der Waals surface area contributed by atoms with Gasteiger partial charge in [-0.2, -0.15) is 0 Å². The first-order chi connectivity index (χ1) is 12.6. The Morgan fingerprint density at radius 1 is 1.04 bits per heavy atom. The van der Waals surface area contributed by atoms with Crippen LogP contribution in [-0.4, -0.2) is 63.3 Å². The van der Waals surface area contributed by atoms with Crippen molar-refractivity contribution in [2.45, 2.75) is 44.0 Å². The van der Waals surface area contributed by atoms with Crippen molar-refractivity contribution in [3.63, 3.8) is 0 Å². The zero-order valence-corrected chi connectivity index (χ0v) is 14.7. The molecule has 0 saturated carbocycles. The lowest BCUT2D eigenvalue weighted by molar-refractivity contribution is -0.145. The Hall–Kier alpha value is -2.98. The van der Waals surface area contributed by atoms with Crippen LogP contribution in [0.3, 0.4) is 0 Å². The number of carboxylic acid groups (broad SMARTS) is 2. The summed E-state index contributed by atoms with van der Waals surface area (Å²) in [5.74, 6) is -4.42. The van der Waals surface area contributed by atoms with Gasteiger partial charge in [-0.3, -0.25) is 14.4 Å². The molecule has 7 N–H and O–H groups in total. The van der Waals surface area contributed by atoms with Crippen LogP contribution < -0.4 is 16.4 Å². The highest BCUT2D eigenvalue weighted by atomic mass is 16.4. The third-order valence-corrected chi connectivity index (χ3v) is 3.69. The fourth-order valence-corrected chi connectivity index (χ4v) is 2.26. The Balaban J connectivity index is 2.95. The van der Waals surface area contributed by atoms with Gasteiger partial charge >= 0.3 is 11.9 Å². The molecule has 0 aromatic heterocycles. The van der Waals surface area contributed by atoms with Crippen LogP contribution in [0.25, 0.3) is 0 Å². The minimum atomic E-state index is -1.57. The predicted octanol–water partition coefficient (Wildman–Crippen LogP) is -1.53. The summed E-state index contributed by atoms with van der Waals surface area (Å²) in [4.78, 5) is 46.4. The highest BCUT2D eigenvalue weighted by Gasteiger charge is 2.30. The van der Waals surface area contributed by atoms with Crippen LogP contribution in [0.4, 0.5) is 0 Å². The standard InChI is InChI=1S/C17H23N3O7/c1-9(21)14(17(26)27)20-16(25)12(7-10-5-3-2-4-6-10)19-15(24)11(18)8-13(22)23/h2-6,9,11-12,14,21H,7-8,18H2,1H3,(H,19,24)(H,20,25)(H,22,23)(H,26,27)/t9-,11+,12+,14+/m1/s1. The first kappa shape index (κ1) is 22.1. The molecular formula is C17H23N3O7. The summed E-state index contributed by atoms with van der Waals surface area (Å²) < 4.78 is 0. The van der Waals surface area contributed by atoms with E-state index in [1.54, 1.807) is 30.3 Å². The number of aliphatic hydroxyl groups excluding tert-OH is 1. The second-order valence-corrected chi connectivity index (χ2v) is 6.02. The quantitative estimate of drug-likeness (QED) is 0.282. The largest absolute Gasteiger partial charge is 0.481 e. The Morgan fingerprint density at radius 2 is 1.63 bits per heavy atom. The van der Waals surface area contributed by atoms with Crippen LogP contribution in [0.2, 0.25) is 0 Å². The summed E-state index contributed by atoms with van der Waals surface area (Å²) in [5.41, 5.74) is 6.17. The van der Waals surface area contributed by atoms with Crippen LogP contribution in [0, 0.1) is 0 Å². The van der Waals surface area contributed by atoms with Gasteiger partial charge in [-0.05, 0) is 12.5 Å². The van der Waals surface area contributed by atoms with Crippen molar-refractivity contribution < 1.29 is 34.5 Å². The van der Waals surface area contributed by atoms with Gasteiger partial charge in [-0.25, -0.2) is 4.79 Å². The molecule has 10 heteroatoms. The molecule has 1 aromatic carbocycles. The molecule has 0 radical (unpaired) electrons. The number of carbonyl (C=O) groups is 4. The Bertz CT molecular complexity index is 678. The third kappa shape index (κ3) is 7.42. The lowest BCUT2D eigenvalue weighted by atomic mass is 10.0. The maximum absolute atomic E-state index is 12.5. The van der Waals surface area contributed by atoms with E-state index in [9.17, 15) is 24.3 Å². The molecule has 2 amide bonds. The average molecular weight is 381 g/mol. The van der Waals surface area contributed by atoms with Gasteiger partial charge < -0.3 is 31.7 Å². The number of carbonyl (C=O) groups excluding carboxylic acids is 2. The number of hydrogen-bond donors (Lipinski definition) is 6. The number of nitrogens with two attached hydrogens (primary N) is 1. The Kier molecular flexibility index (Phi) is 8.36. The molecule has 0 unspecified atom stereocenters. The number of aliphatic carboxylic acids is 2. The summed E-state index contributed by atoms with van der Waals surface area (Å²) in [6, 6.07) is 4.45. The predicted molar refractivity (Wildman–Crippen MR) is 93.6 cm³/mol. The highest BCUT2D eigenvalue weighted by Crippen LogP contribution is 2.05. The molecule has 0 aliphatic carbocycles. The molecule has 0 fully saturated rings. The summed E-state index contributed by atoms with van der Waals surface area (Å²) in [6.07, 6.45) is -1.98. The van der Waals surface area contributed by atoms with Gasteiger partial charge in [0.25, 0.3) is 0 Å². The van der Waals surface area contributed by atoms with Gasteiger partial charge in [-0.15, -0.1) is 0 Å². The van der Waals surface area contributed by atoms with Gasteiger partial charge in [0.15, 0.2) is 6.04 Å². The first-order valence-corrected chi connectivity index (χ1v) is 8.14. The molecule has 0 spiro atoms. The number of amides is 2. The molecule has 148 valence electrons. The molecule has 0 aliphatic rings. The fourth-order valence-electron chi connectivity index (χ4n) is 2.26. The molecule has 27 heavy (non-hydrogen) atoms. The number of hydrogen-bond acceptors (Lipinski definition) is 6. The summed E-state index contributed by atoms with van der Waals surface area (Å²) >= 11 is 0. The van der Waals surface area contributed by atoms with Crippen molar-refractivity contribution in [3.05, 3.63) is 35.9 Å². The minimum absolute atomic E-state index is 0.0182. The molecular weight excluding hydrogens is 358 g/mol. The van der Waals surface area contributed by atoms with E-state index >= 15 is 0 Å². The maximum atomic E-state index is 12.5. The van der Waals surface area contributed by atoms with Gasteiger partial charge in [0.2, 0.25) is 11.8 Å². The zero-order valence-electron chi connectivity index (χ0n) is 14.7. The van der Waals surface area contributed by atoms with E-state index in [-0.39, 0.29) is 6.42 Å². The minimum Gasteiger partial charge on any atom is -0.481 e. The maximum Gasteiger partial charge on any atom is 0.328 e. The lowest BCUT2D eigenvalue weighted by Crippen LogP contribution is -2.57. The molecule has 1 rings (SSSR count). The molecule has 4 atom stereocenters. The van der Waals surface area contributed by atoms with Crippen molar-refractivity contribution in [2.24, 2.45) is 5.73 Å². The second-order valence-electron chi connectivity index (χ2n) is 6.02. The number of nitrogens with one attached hydrogen (secondary N) is 2. The van der Waals surface area contributed by atoms with E-state index in [2.05, 4.69) is 10.6 Å². The lowest BCUT2D eigenvalue weighted by Gasteiger charge is -2.23. The van der Waals surface area contributed by atoms with Crippen LogP contribution in [0.1, 0.15) is 18.9 Å². The van der Waals surface area contributed by atoms with Crippen LogP contribution in [-0.2, 0) is 25.6 Å². The van der Waals surface area contributed by atoms with Crippen molar-refractivity contribution in [2.75, 3.05) is 0 Å². The molecule has 0 bridgehead atoms. The summed E-state index contributed by atoms with van der Waals surface area (Å²) in [6.45, 7) is 1.20. The average Bonchev–Trinajstić information content (AvgIpc) is 2.58. The van der Waals surface area contributed by atoms with Crippen molar-refractivity contribution in [3.8, 4) is 0 Å². The van der Waals surface area contributed by atoms with E-state index in [1.807, 2.05) is 0 Å². The van der Waals surface area contributed by atoms with Crippen LogP contribution in [0.5, 0.6) is 0 Å². The van der Waals surface area contributed by atoms with Gasteiger partial charge in [0.1, 0.15) is 6.04 Å². The molecule has 1 aromatic rings. The number of rotatable bonds is 10. The Morgan fingerprint density at radius 3 is 2.11 bits per heavy atom. The van der Waals surface area contributed by atoms with E-state index in [0.29, 0.717) is 5.56 Å². The van der Waals surface area contributed by atoms with Gasteiger partial charge in [0, 0.05) is 6.42 Å². The van der Waals surface area contributed by atoms with E-state index in [1.165, 1.54) is 6.92 Å². The van der Waals surface area contributed by atoms with Gasteiger partial charge in [0.05, 0.1) is 18.6 Å². The summed E-state index contributed by atoms with van der Waals surface area (Å²) in [7, 11) is 0. The third-order valence-electron chi connectivity index (χ3n) is 3.69. The van der Waals surface area contributed by atoms with E-state index in [4.69, 9.17) is 15.9 Å². The molecule has 10 nitrogen and oxygen atoms in total. The summed E-state index contributed by atoms with van der Waals surface area (Å²) in [5, 5.41) is 31.8. The van der Waals surface area contributed by atoms with Crippen LogP contribution >= 0.6 is 0 Å².